The van der Waals surface area contributed by atoms with Crippen LogP contribution in [0.15, 0.2) is 48.5 Å². The Morgan fingerprint density at radius 3 is 2.28 bits per heavy atom. The normalized spacial score (nSPS) is 13.8. The predicted octanol–water partition coefficient (Wildman–Crippen LogP) is 4.08. The Balaban J connectivity index is 1.61. The molecule has 0 aliphatic heterocycles. The van der Waals surface area contributed by atoms with E-state index < -0.39 is 0 Å². The van der Waals surface area contributed by atoms with Gasteiger partial charge in [-0.25, -0.2) is 4.79 Å². The van der Waals surface area contributed by atoms with E-state index in [9.17, 15) is 4.79 Å². The maximum absolute atomic E-state index is 12.1. The third-order valence-electron chi connectivity index (χ3n) is 4.75. The topological polar surface area (TPSA) is 58.6 Å². The quantitative estimate of drug-likeness (QED) is 0.748. The second-order valence-electron chi connectivity index (χ2n) is 6.59. The van der Waals surface area contributed by atoms with E-state index in [0.29, 0.717) is 6.61 Å². The number of hydrogen-bond donors (Lipinski definition) is 2. The van der Waals surface area contributed by atoms with Crippen molar-refractivity contribution in [2.24, 2.45) is 0 Å². The van der Waals surface area contributed by atoms with Gasteiger partial charge in [-0.05, 0) is 48.4 Å². The lowest BCUT2D eigenvalue weighted by molar-refractivity contribution is 0.139. The van der Waals surface area contributed by atoms with Crippen molar-refractivity contribution in [3.8, 4) is 11.1 Å². The Hall–Kier alpha value is -2.33. The van der Waals surface area contributed by atoms with Gasteiger partial charge in [0.05, 0.1) is 0 Å². The zero-order valence-electron chi connectivity index (χ0n) is 14.6. The summed E-state index contributed by atoms with van der Waals surface area (Å²) in [5, 5.41) is 11.7. The van der Waals surface area contributed by atoms with Crippen molar-refractivity contribution in [3.05, 3.63) is 59.7 Å². The lowest BCUT2D eigenvalue weighted by atomic mass is 9.98. The summed E-state index contributed by atoms with van der Waals surface area (Å²) in [5.41, 5.74) is 4.88. The molecule has 132 valence electrons. The molecule has 0 heterocycles. The second kappa shape index (κ2) is 8.17. The number of fused-ring (bicyclic) bond motifs is 3. The van der Waals surface area contributed by atoms with Gasteiger partial charge in [0.2, 0.25) is 0 Å². The summed E-state index contributed by atoms with van der Waals surface area (Å²) in [5.74, 6) is 0.0860. The van der Waals surface area contributed by atoms with Crippen LogP contribution in [-0.2, 0) is 4.74 Å². The van der Waals surface area contributed by atoms with Crippen LogP contribution in [0.1, 0.15) is 43.2 Å². The molecule has 2 aromatic rings. The molecule has 0 saturated heterocycles. The highest BCUT2D eigenvalue weighted by molar-refractivity contribution is 5.79. The number of benzene rings is 2. The summed E-state index contributed by atoms with van der Waals surface area (Å²) in [7, 11) is 0. The fourth-order valence-corrected chi connectivity index (χ4v) is 3.48. The number of alkyl carbamates (subject to hydrolysis) is 1. The smallest absolute Gasteiger partial charge is 0.407 e. The number of carbonyl (C=O) groups is 1. The summed E-state index contributed by atoms with van der Waals surface area (Å²) in [6, 6.07) is 16.6. The number of amides is 1. The molecule has 1 atom stereocenters. The molecule has 4 heteroatoms. The third-order valence-corrected chi connectivity index (χ3v) is 4.75. The van der Waals surface area contributed by atoms with Crippen LogP contribution in [0.5, 0.6) is 0 Å². The number of carbonyl (C=O) groups excluding carboxylic acids is 1. The Morgan fingerprint density at radius 2 is 1.68 bits per heavy atom. The molecule has 1 amide bonds. The summed E-state index contributed by atoms with van der Waals surface area (Å²) >= 11 is 0. The van der Waals surface area contributed by atoms with Crippen molar-refractivity contribution in [3.63, 3.8) is 0 Å². The number of unbranched alkanes of at least 4 members (excludes halogenated alkanes) is 1. The molecule has 2 aromatic carbocycles. The lowest BCUT2D eigenvalue weighted by Crippen LogP contribution is -2.33. The predicted molar refractivity (Wildman–Crippen MR) is 98.6 cm³/mol. The van der Waals surface area contributed by atoms with Gasteiger partial charge in [-0.3, -0.25) is 0 Å². The average Bonchev–Trinajstić information content (AvgIpc) is 2.94. The minimum absolute atomic E-state index is 0.0437. The molecule has 3 rings (SSSR count). The van der Waals surface area contributed by atoms with Crippen molar-refractivity contribution >= 4 is 6.09 Å². The van der Waals surface area contributed by atoms with Crippen LogP contribution in [0.4, 0.5) is 4.79 Å². The fourth-order valence-electron chi connectivity index (χ4n) is 3.48. The minimum atomic E-state index is -0.377. The molecular formula is C21H25NO3. The second-order valence-corrected chi connectivity index (χ2v) is 6.59. The summed E-state index contributed by atoms with van der Waals surface area (Å²) in [4.78, 5) is 12.1. The molecule has 2 N–H and O–H groups in total. The Labute approximate surface area is 148 Å². The average molecular weight is 339 g/mol. The summed E-state index contributed by atoms with van der Waals surface area (Å²) in [6.07, 6.45) is 2.11. The molecule has 0 saturated carbocycles. The van der Waals surface area contributed by atoms with Gasteiger partial charge in [-0.1, -0.05) is 48.5 Å². The standard InChI is InChI=1S/C21H25NO3/c1-15(8-6-7-13-23)22-21(24)25-14-20-18-11-4-2-9-16(18)17-10-3-5-12-19(17)20/h2-5,9-12,15,20,23H,6-8,13-14H2,1H3,(H,22,24). The van der Waals surface area contributed by atoms with Crippen LogP contribution >= 0.6 is 0 Å². The highest BCUT2D eigenvalue weighted by Gasteiger charge is 2.29. The van der Waals surface area contributed by atoms with E-state index in [4.69, 9.17) is 9.84 Å². The van der Waals surface area contributed by atoms with Crippen molar-refractivity contribution < 1.29 is 14.6 Å². The SMILES string of the molecule is CC(CCCCO)NC(=O)OCC1c2ccccc2-c2ccccc21. The first kappa shape index (κ1) is 17.5. The molecule has 0 bridgehead atoms. The number of ether oxygens (including phenoxy) is 1. The molecular weight excluding hydrogens is 314 g/mol. The maximum Gasteiger partial charge on any atom is 0.407 e. The first-order valence-corrected chi connectivity index (χ1v) is 8.93. The van der Waals surface area contributed by atoms with Gasteiger partial charge in [0.1, 0.15) is 6.61 Å². The Kier molecular flexibility index (Phi) is 5.71. The largest absolute Gasteiger partial charge is 0.449 e. The van der Waals surface area contributed by atoms with E-state index in [-0.39, 0.29) is 24.7 Å². The first-order chi connectivity index (χ1) is 12.2. The van der Waals surface area contributed by atoms with Crippen LogP contribution in [-0.4, -0.2) is 30.5 Å². The number of hydrogen-bond acceptors (Lipinski definition) is 3. The van der Waals surface area contributed by atoms with Crippen LogP contribution < -0.4 is 5.32 Å². The van der Waals surface area contributed by atoms with E-state index in [2.05, 4.69) is 29.6 Å². The van der Waals surface area contributed by atoms with Crippen molar-refractivity contribution in [2.75, 3.05) is 13.2 Å². The zero-order valence-corrected chi connectivity index (χ0v) is 14.6. The molecule has 1 aliphatic rings. The van der Waals surface area contributed by atoms with Gasteiger partial charge < -0.3 is 15.2 Å². The Morgan fingerprint density at radius 1 is 1.08 bits per heavy atom. The number of rotatable bonds is 7. The van der Waals surface area contributed by atoms with E-state index in [0.717, 1.165) is 19.3 Å². The molecule has 0 radical (unpaired) electrons. The van der Waals surface area contributed by atoms with E-state index in [1.54, 1.807) is 0 Å². The van der Waals surface area contributed by atoms with Gasteiger partial charge in [0, 0.05) is 18.6 Å². The highest BCUT2D eigenvalue weighted by atomic mass is 16.5. The van der Waals surface area contributed by atoms with E-state index in [1.807, 2.05) is 31.2 Å². The molecule has 0 fully saturated rings. The number of nitrogens with one attached hydrogen (secondary N) is 1. The zero-order chi connectivity index (χ0) is 17.6. The first-order valence-electron chi connectivity index (χ1n) is 8.93. The van der Waals surface area contributed by atoms with E-state index >= 15 is 0 Å². The van der Waals surface area contributed by atoms with Gasteiger partial charge in [0.25, 0.3) is 0 Å². The number of aliphatic hydroxyl groups is 1. The van der Waals surface area contributed by atoms with Crippen molar-refractivity contribution in [1.82, 2.24) is 5.32 Å². The maximum atomic E-state index is 12.1. The molecule has 1 unspecified atom stereocenters. The molecule has 0 aromatic heterocycles. The lowest BCUT2D eigenvalue weighted by Gasteiger charge is -2.17. The highest BCUT2D eigenvalue weighted by Crippen LogP contribution is 2.44. The number of aliphatic hydroxyl groups excluding tert-OH is 1. The van der Waals surface area contributed by atoms with Crippen LogP contribution in [0, 0.1) is 0 Å². The van der Waals surface area contributed by atoms with Gasteiger partial charge in [-0.15, -0.1) is 0 Å². The summed E-state index contributed by atoms with van der Waals surface area (Å²) < 4.78 is 5.52. The van der Waals surface area contributed by atoms with Gasteiger partial charge >= 0.3 is 6.09 Å². The Bertz CT molecular complexity index is 683. The molecule has 1 aliphatic carbocycles. The molecule has 4 nitrogen and oxygen atoms in total. The summed E-state index contributed by atoms with van der Waals surface area (Å²) in [6.45, 7) is 2.49. The van der Waals surface area contributed by atoms with Gasteiger partial charge in [-0.2, -0.15) is 0 Å². The fraction of sp³-hybridized carbons (Fsp3) is 0.381. The van der Waals surface area contributed by atoms with Crippen LogP contribution in [0.25, 0.3) is 11.1 Å². The van der Waals surface area contributed by atoms with Gasteiger partial charge in [0.15, 0.2) is 0 Å². The van der Waals surface area contributed by atoms with Crippen molar-refractivity contribution in [2.45, 2.75) is 38.1 Å². The van der Waals surface area contributed by atoms with Crippen LogP contribution in [0.2, 0.25) is 0 Å². The monoisotopic (exact) mass is 339 g/mol. The molecule has 25 heavy (non-hydrogen) atoms. The van der Waals surface area contributed by atoms with Crippen LogP contribution in [0.3, 0.4) is 0 Å². The van der Waals surface area contributed by atoms with Crippen molar-refractivity contribution in [1.29, 1.82) is 0 Å². The minimum Gasteiger partial charge on any atom is -0.449 e. The molecule has 0 spiro atoms. The third kappa shape index (κ3) is 4.02. The van der Waals surface area contributed by atoms with E-state index in [1.165, 1.54) is 22.3 Å².